The average Bonchev–Trinajstić information content (AvgIpc) is 3.39. The summed E-state index contributed by atoms with van der Waals surface area (Å²) in [7, 11) is 0. The summed E-state index contributed by atoms with van der Waals surface area (Å²) in [5.41, 5.74) is 9.68. The van der Waals surface area contributed by atoms with E-state index in [2.05, 4.69) is 18.7 Å². The minimum Gasteiger partial charge on any atom is -0.489 e. The van der Waals surface area contributed by atoms with E-state index in [1.807, 2.05) is 47.4 Å². The van der Waals surface area contributed by atoms with Crippen molar-refractivity contribution in [2.24, 2.45) is 11.1 Å². The highest BCUT2D eigenvalue weighted by Crippen LogP contribution is 2.36. The predicted octanol–water partition coefficient (Wildman–Crippen LogP) is 4.35. The zero-order valence-corrected chi connectivity index (χ0v) is 24.2. The number of benzene rings is 2. The van der Waals surface area contributed by atoms with Gasteiger partial charge in [-0.1, -0.05) is 32.0 Å². The number of ether oxygens (including phenoxy) is 3. The summed E-state index contributed by atoms with van der Waals surface area (Å²) in [5.74, 6) is 1.05. The summed E-state index contributed by atoms with van der Waals surface area (Å²) in [6.45, 7) is 9.14. The maximum atomic E-state index is 12.9. The van der Waals surface area contributed by atoms with Gasteiger partial charge in [-0.3, -0.25) is 10.2 Å². The first kappa shape index (κ1) is 28.5. The Bertz CT molecular complexity index is 1340. The van der Waals surface area contributed by atoms with E-state index < -0.39 is 12.1 Å². The second-order valence-electron chi connectivity index (χ2n) is 11.9. The first-order chi connectivity index (χ1) is 19.6. The summed E-state index contributed by atoms with van der Waals surface area (Å²) >= 11 is 0. The molecule has 2 atom stereocenters. The predicted molar refractivity (Wildman–Crippen MR) is 156 cm³/mol. The van der Waals surface area contributed by atoms with E-state index in [0.29, 0.717) is 30.8 Å². The minimum atomic E-state index is -0.935. The second-order valence-corrected chi connectivity index (χ2v) is 11.9. The van der Waals surface area contributed by atoms with Crippen LogP contribution < -0.4 is 15.2 Å². The molecule has 0 bridgehead atoms. The number of carbonyl (C=O) groups excluding carboxylic acids is 2. The molecule has 3 aliphatic rings. The van der Waals surface area contributed by atoms with Crippen molar-refractivity contribution >= 4 is 17.7 Å². The van der Waals surface area contributed by atoms with Crippen LogP contribution in [-0.4, -0.2) is 59.9 Å². The number of carbonyl (C=O) groups is 2. The van der Waals surface area contributed by atoms with Gasteiger partial charge in [-0.15, -0.1) is 0 Å². The smallest absolute Gasteiger partial charge is 0.352 e. The standard InChI is InChI=1S/C32H40N4O5/c1-4-39-30(38)29(41-27-10-5-21-11-13-36(31(33)34)19-23(21)15-27)22-6-8-26(9-7-22)40-28-12-14-35(20-28)24-16-25(37)18-32(2,3)17-24/h5-10,15-16,28-29H,4,11-14,17-20H2,1-3H3,(H3,33,34)/t28-,29?/m0/s1. The van der Waals surface area contributed by atoms with Gasteiger partial charge < -0.3 is 29.7 Å². The van der Waals surface area contributed by atoms with Crippen LogP contribution in [0, 0.1) is 10.8 Å². The molecule has 3 N–H and O–H groups in total. The number of nitrogens with one attached hydrogen (secondary N) is 1. The SMILES string of the molecule is CCOC(=O)C(Oc1ccc2c(c1)CN(C(=N)N)CC2)c1ccc(O[C@H]2CCN(C3=CC(=O)CC(C)(C)C3)C2)cc1. The zero-order chi connectivity index (χ0) is 29.1. The Morgan fingerprint density at radius 3 is 2.56 bits per heavy atom. The molecule has 218 valence electrons. The van der Waals surface area contributed by atoms with Crippen LogP contribution in [0.4, 0.5) is 0 Å². The molecule has 0 aromatic heterocycles. The van der Waals surface area contributed by atoms with Gasteiger partial charge in [0, 0.05) is 49.8 Å². The Labute approximate surface area is 241 Å². The van der Waals surface area contributed by atoms with Crippen molar-refractivity contribution in [1.29, 1.82) is 5.41 Å². The fraction of sp³-hybridized carbons (Fsp3) is 0.469. The van der Waals surface area contributed by atoms with Crippen molar-refractivity contribution in [1.82, 2.24) is 9.80 Å². The van der Waals surface area contributed by atoms with Crippen molar-refractivity contribution in [3.8, 4) is 11.5 Å². The summed E-state index contributed by atoms with van der Waals surface area (Å²) in [6.07, 6.45) is 4.05. The Balaban J connectivity index is 1.25. The van der Waals surface area contributed by atoms with Gasteiger partial charge in [0.15, 0.2) is 11.7 Å². The Morgan fingerprint density at radius 2 is 1.85 bits per heavy atom. The van der Waals surface area contributed by atoms with Crippen LogP contribution in [0.1, 0.15) is 62.8 Å². The van der Waals surface area contributed by atoms with Crippen molar-refractivity contribution in [2.45, 2.75) is 65.2 Å². The van der Waals surface area contributed by atoms with Gasteiger partial charge in [-0.2, -0.15) is 0 Å². The van der Waals surface area contributed by atoms with Gasteiger partial charge >= 0.3 is 5.97 Å². The molecule has 0 spiro atoms. The monoisotopic (exact) mass is 560 g/mol. The van der Waals surface area contributed by atoms with Crippen molar-refractivity contribution < 1.29 is 23.8 Å². The number of nitrogens with zero attached hydrogens (tertiary/aromatic N) is 2. The number of rotatable bonds is 8. The van der Waals surface area contributed by atoms with Crippen LogP contribution >= 0.6 is 0 Å². The van der Waals surface area contributed by atoms with Gasteiger partial charge in [-0.05, 0) is 60.6 Å². The zero-order valence-electron chi connectivity index (χ0n) is 24.2. The van der Waals surface area contributed by atoms with Crippen molar-refractivity contribution in [2.75, 3.05) is 26.2 Å². The maximum Gasteiger partial charge on any atom is 0.352 e. The highest BCUT2D eigenvalue weighted by atomic mass is 16.6. The van der Waals surface area contributed by atoms with E-state index in [1.54, 1.807) is 13.0 Å². The van der Waals surface area contributed by atoms with Gasteiger partial charge in [0.25, 0.3) is 0 Å². The molecule has 0 radical (unpaired) electrons. The molecule has 0 saturated carbocycles. The summed E-state index contributed by atoms with van der Waals surface area (Å²) in [4.78, 5) is 29.2. The molecular weight excluding hydrogens is 520 g/mol. The Hall–Kier alpha value is -4.01. The second kappa shape index (κ2) is 11.8. The van der Waals surface area contributed by atoms with Crippen LogP contribution in [-0.2, 0) is 27.3 Å². The Kier molecular flexibility index (Phi) is 8.24. The molecule has 9 nitrogen and oxygen atoms in total. The first-order valence-electron chi connectivity index (χ1n) is 14.4. The van der Waals surface area contributed by atoms with Gasteiger partial charge in [0.1, 0.15) is 17.6 Å². The number of hydrogen-bond acceptors (Lipinski definition) is 7. The molecule has 2 aromatic rings. The van der Waals surface area contributed by atoms with E-state index in [0.717, 1.165) is 49.4 Å². The maximum absolute atomic E-state index is 12.9. The molecule has 9 heteroatoms. The molecular formula is C32H40N4O5. The van der Waals surface area contributed by atoms with E-state index >= 15 is 0 Å². The van der Waals surface area contributed by atoms with Gasteiger partial charge in [0.2, 0.25) is 6.10 Å². The molecule has 2 aliphatic heterocycles. The fourth-order valence-corrected chi connectivity index (χ4v) is 5.93. The number of esters is 1. The van der Waals surface area contributed by atoms with E-state index in [1.165, 1.54) is 5.56 Å². The molecule has 1 saturated heterocycles. The lowest BCUT2D eigenvalue weighted by Gasteiger charge is -2.33. The number of nitrogens with two attached hydrogens (primary N) is 1. The van der Waals surface area contributed by atoms with Gasteiger partial charge in [0.05, 0.1) is 13.2 Å². The summed E-state index contributed by atoms with van der Waals surface area (Å²) in [6, 6.07) is 13.2. The number of fused-ring (bicyclic) bond motifs is 1. The lowest BCUT2D eigenvalue weighted by Crippen LogP contribution is -2.40. The summed E-state index contributed by atoms with van der Waals surface area (Å²) in [5, 5.41) is 7.76. The molecule has 1 fully saturated rings. The lowest BCUT2D eigenvalue weighted by atomic mass is 9.78. The minimum absolute atomic E-state index is 0.0124. The number of allylic oxidation sites excluding steroid dienone is 2. The van der Waals surface area contributed by atoms with Crippen LogP contribution in [0.15, 0.2) is 54.2 Å². The third-order valence-corrected chi connectivity index (χ3v) is 7.96. The lowest BCUT2D eigenvalue weighted by molar-refractivity contribution is -0.151. The number of guanidine groups is 1. The molecule has 2 aromatic carbocycles. The fourth-order valence-electron chi connectivity index (χ4n) is 5.93. The normalized spacial score (nSPS) is 20.6. The molecule has 0 amide bonds. The quantitative estimate of drug-likeness (QED) is 0.278. The molecule has 1 aliphatic carbocycles. The number of hydrogen-bond donors (Lipinski definition) is 2. The first-order valence-corrected chi connectivity index (χ1v) is 14.4. The van der Waals surface area contributed by atoms with Crippen LogP contribution in [0.3, 0.4) is 0 Å². The summed E-state index contributed by atoms with van der Waals surface area (Å²) < 4.78 is 17.8. The van der Waals surface area contributed by atoms with Gasteiger partial charge in [-0.25, -0.2) is 4.79 Å². The number of ketones is 1. The highest BCUT2D eigenvalue weighted by molar-refractivity contribution is 5.91. The average molecular weight is 561 g/mol. The van der Waals surface area contributed by atoms with Crippen molar-refractivity contribution in [3.63, 3.8) is 0 Å². The van der Waals surface area contributed by atoms with Crippen molar-refractivity contribution in [3.05, 3.63) is 70.9 Å². The topological polar surface area (TPSA) is 118 Å². The van der Waals surface area contributed by atoms with E-state index in [-0.39, 0.29) is 29.9 Å². The molecule has 1 unspecified atom stereocenters. The molecule has 41 heavy (non-hydrogen) atoms. The highest BCUT2D eigenvalue weighted by Gasteiger charge is 2.33. The third-order valence-electron chi connectivity index (χ3n) is 7.96. The largest absolute Gasteiger partial charge is 0.489 e. The number of likely N-dealkylation sites (tertiary alicyclic amines) is 1. The van der Waals surface area contributed by atoms with E-state index in [9.17, 15) is 9.59 Å². The molecule has 2 heterocycles. The van der Waals surface area contributed by atoms with Crippen LogP contribution in [0.25, 0.3) is 0 Å². The Morgan fingerprint density at radius 1 is 1.10 bits per heavy atom. The van der Waals surface area contributed by atoms with E-state index in [4.69, 9.17) is 25.4 Å². The van der Waals surface area contributed by atoms with Crippen LogP contribution in [0.5, 0.6) is 11.5 Å². The third kappa shape index (κ3) is 6.84. The molecule has 5 rings (SSSR count). The van der Waals surface area contributed by atoms with Crippen LogP contribution in [0.2, 0.25) is 0 Å².